The number of thioether (sulfide) groups is 1. The number of anilines is 1. The van der Waals surface area contributed by atoms with Gasteiger partial charge in [0.25, 0.3) is 5.91 Å². The summed E-state index contributed by atoms with van der Waals surface area (Å²) >= 11 is 1.39. The molecule has 0 saturated carbocycles. The number of carbonyl (C=O) groups is 2. The number of esters is 1. The van der Waals surface area contributed by atoms with Crippen LogP contribution < -0.4 is 5.32 Å². The monoisotopic (exact) mass is 399 g/mol. The molecule has 3 rings (SSSR count). The molecule has 0 aliphatic heterocycles. The molecule has 8 heteroatoms. The number of nitrogens with one attached hydrogen (secondary N) is 1. The van der Waals surface area contributed by atoms with Crippen molar-refractivity contribution in [1.82, 2.24) is 9.55 Å². The van der Waals surface area contributed by atoms with Gasteiger partial charge in [-0.3, -0.25) is 9.36 Å². The van der Waals surface area contributed by atoms with Crippen molar-refractivity contribution in [3.05, 3.63) is 72.3 Å². The van der Waals surface area contributed by atoms with Gasteiger partial charge in [0.15, 0.2) is 17.0 Å². The number of amides is 1. The molecule has 0 bridgehead atoms. The van der Waals surface area contributed by atoms with Crippen LogP contribution in [-0.2, 0) is 9.53 Å². The van der Waals surface area contributed by atoms with Crippen LogP contribution in [0, 0.1) is 5.82 Å². The number of halogens is 1. The molecule has 1 unspecified atom stereocenters. The van der Waals surface area contributed by atoms with Crippen LogP contribution in [0.4, 0.5) is 10.1 Å². The molecule has 144 valence electrons. The molecule has 2 aromatic carbocycles. The SMILES string of the molecule is CSc1ncc(C(=O)OC(C)C(=O)Nc2cccc(F)c2)n1-c1ccccc1. The van der Waals surface area contributed by atoms with Crippen LogP contribution in [0.25, 0.3) is 5.69 Å². The molecule has 1 N–H and O–H groups in total. The minimum Gasteiger partial charge on any atom is -0.448 e. The summed E-state index contributed by atoms with van der Waals surface area (Å²) in [7, 11) is 0. The Hall–Kier alpha value is -3.13. The largest absolute Gasteiger partial charge is 0.448 e. The Bertz CT molecular complexity index is 991. The van der Waals surface area contributed by atoms with Gasteiger partial charge in [-0.05, 0) is 43.5 Å². The van der Waals surface area contributed by atoms with Crippen molar-refractivity contribution in [3.63, 3.8) is 0 Å². The number of rotatable bonds is 6. The third-order valence-electron chi connectivity index (χ3n) is 3.88. The molecule has 1 aromatic heterocycles. The first-order valence-corrected chi connectivity index (χ1v) is 9.66. The summed E-state index contributed by atoms with van der Waals surface area (Å²) in [5.74, 6) is -1.72. The summed E-state index contributed by atoms with van der Waals surface area (Å²) in [6.45, 7) is 1.45. The standard InChI is InChI=1S/C20H18FN3O3S/c1-13(18(25)23-15-8-6-7-14(21)11-15)27-19(26)17-12-22-20(28-2)24(17)16-9-4-3-5-10-16/h3-13H,1-2H3,(H,23,25). The maximum atomic E-state index is 13.2. The fourth-order valence-electron chi connectivity index (χ4n) is 2.53. The van der Waals surface area contributed by atoms with Crippen LogP contribution >= 0.6 is 11.8 Å². The molecular formula is C20H18FN3O3S. The summed E-state index contributed by atoms with van der Waals surface area (Å²) < 4.78 is 20.2. The second kappa shape index (κ2) is 8.71. The van der Waals surface area contributed by atoms with E-state index in [4.69, 9.17) is 4.74 Å². The van der Waals surface area contributed by atoms with Gasteiger partial charge < -0.3 is 10.1 Å². The van der Waals surface area contributed by atoms with E-state index in [0.717, 1.165) is 5.69 Å². The highest BCUT2D eigenvalue weighted by atomic mass is 32.2. The van der Waals surface area contributed by atoms with Crippen molar-refractivity contribution in [2.45, 2.75) is 18.2 Å². The van der Waals surface area contributed by atoms with Gasteiger partial charge in [-0.2, -0.15) is 0 Å². The number of imidazole rings is 1. The number of carbonyl (C=O) groups excluding carboxylic acids is 2. The van der Waals surface area contributed by atoms with E-state index in [1.165, 1.54) is 43.1 Å². The zero-order valence-electron chi connectivity index (χ0n) is 15.3. The lowest BCUT2D eigenvalue weighted by molar-refractivity contribution is -0.123. The third kappa shape index (κ3) is 4.40. The number of aromatic nitrogens is 2. The van der Waals surface area contributed by atoms with Gasteiger partial charge in [0.05, 0.1) is 6.20 Å². The highest BCUT2D eigenvalue weighted by Crippen LogP contribution is 2.22. The molecule has 1 heterocycles. The molecule has 28 heavy (non-hydrogen) atoms. The molecule has 1 atom stereocenters. The summed E-state index contributed by atoms with van der Waals surface area (Å²) in [6, 6.07) is 14.7. The number of hydrogen-bond acceptors (Lipinski definition) is 5. The maximum Gasteiger partial charge on any atom is 0.357 e. The summed E-state index contributed by atoms with van der Waals surface area (Å²) in [6.07, 6.45) is 2.19. The first-order valence-electron chi connectivity index (χ1n) is 8.44. The molecule has 6 nitrogen and oxygen atoms in total. The van der Waals surface area contributed by atoms with E-state index in [9.17, 15) is 14.0 Å². The summed E-state index contributed by atoms with van der Waals surface area (Å²) in [4.78, 5) is 29.2. The van der Waals surface area contributed by atoms with Crippen LogP contribution in [0.5, 0.6) is 0 Å². The quantitative estimate of drug-likeness (QED) is 0.502. The van der Waals surface area contributed by atoms with Crippen LogP contribution in [0.2, 0.25) is 0 Å². The molecule has 1 amide bonds. The molecule has 0 radical (unpaired) electrons. The second-order valence-corrected chi connectivity index (χ2v) is 6.62. The Morgan fingerprint density at radius 2 is 1.93 bits per heavy atom. The van der Waals surface area contributed by atoms with Gasteiger partial charge in [0, 0.05) is 11.4 Å². The summed E-state index contributed by atoms with van der Waals surface area (Å²) in [5.41, 5.74) is 1.25. The van der Waals surface area contributed by atoms with E-state index < -0.39 is 23.8 Å². The van der Waals surface area contributed by atoms with E-state index in [2.05, 4.69) is 10.3 Å². The van der Waals surface area contributed by atoms with Gasteiger partial charge in [-0.15, -0.1) is 0 Å². The minimum absolute atomic E-state index is 0.209. The predicted molar refractivity (Wildman–Crippen MR) is 105 cm³/mol. The van der Waals surface area contributed by atoms with E-state index in [0.29, 0.717) is 5.16 Å². The zero-order chi connectivity index (χ0) is 20.1. The highest BCUT2D eigenvalue weighted by Gasteiger charge is 2.24. The van der Waals surface area contributed by atoms with Crippen molar-refractivity contribution in [1.29, 1.82) is 0 Å². The molecule has 0 aliphatic carbocycles. The molecular weight excluding hydrogens is 381 g/mol. The molecule has 0 spiro atoms. The lowest BCUT2D eigenvalue weighted by Gasteiger charge is -2.15. The fourth-order valence-corrected chi connectivity index (χ4v) is 3.08. The average molecular weight is 399 g/mol. The Morgan fingerprint density at radius 3 is 2.61 bits per heavy atom. The smallest absolute Gasteiger partial charge is 0.357 e. The van der Waals surface area contributed by atoms with Gasteiger partial charge in [0.2, 0.25) is 0 Å². The van der Waals surface area contributed by atoms with Crippen molar-refractivity contribution in [3.8, 4) is 5.69 Å². The minimum atomic E-state index is -1.08. The van der Waals surface area contributed by atoms with Crippen molar-refractivity contribution in [2.24, 2.45) is 0 Å². The molecule has 0 fully saturated rings. The topological polar surface area (TPSA) is 73.2 Å². The highest BCUT2D eigenvalue weighted by molar-refractivity contribution is 7.98. The molecule has 3 aromatic rings. The summed E-state index contributed by atoms with van der Waals surface area (Å²) in [5, 5.41) is 3.14. The zero-order valence-corrected chi connectivity index (χ0v) is 16.1. The Labute approximate surface area is 165 Å². The third-order valence-corrected chi connectivity index (χ3v) is 4.53. The number of nitrogens with zero attached hydrogens (tertiary/aromatic N) is 2. The number of hydrogen-bond donors (Lipinski definition) is 1. The fraction of sp³-hybridized carbons (Fsp3) is 0.150. The van der Waals surface area contributed by atoms with Gasteiger partial charge in [0.1, 0.15) is 5.82 Å². The van der Waals surface area contributed by atoms with Crippen LogP contribution in [-0.4, -0.2) is 33.8 Å². The van der Waals surface area contributed by atoms with E-state index in [1.54, 1.807) is 10.6 Å². The predicted octanol–water partition coefficient (Wildman–Crippen LogP) is 3.92. The molecule has 0 aliphatic rings. The maximum absolute atomic E-state index is 13.2. The van der Waals surface area contributed by atoms with Crippen molar-refractivity contribution in [2.75, 3.05) is 11.6 Å². The first kappa shape index (κ1) is 19.6. The van der Waals surface area contributed by atoms with E-state index in [1.807, 2.05) is 36.6 Å². The van der Waals surface area contributed by atoms with Crippen LogP contribution in [0.3, 0.4) is 0 Å². The number of benzene rings is 2. The lowest BCUT2D eigenvalue weighted by Crippen LogP contribution is -2.30. The Kier molecular flexibility index (Phi) is 6.10. The normalized spacial score (nSPS) is 11.7. The van der Waals surface area contributed by atoms with Crippen molar-refractivity contribution >= 4 is 29.3 Å². The van der Waals surface area contributed by atoms with Crippen LogP contribution in [0.15, 0.2) is 66.0 Å². The van der Waals surface area contributed by atoms with E-state index >= 15 is 0 Å². The lowest BCUT2D eigenvalue weighted by atomic mass is 10.3. The molecule has 0 saturated heterocycles. The van der Waals surface area contributed by atoms with Crippen molar-refractivity contribution < 1.29 is 18.7 Å². The first-order chi connectivity index (χ1) is 13.5. The Balaban J connectivity index is 1.76. The number of para-hydroxylation sites is 1. The van der Waals surface area contributed by atoms with Gasteiger partial charge in [-0.25, -0.2) is 14.2 Å². The Morgan fingerprint density at radius 1 is 1.18 bits per heavy atom. The van der Waals surface area contributed by atoms with E-state index in [-0.39, 0.29) is 11.4 Å². The number of ether oxygens (including phenoxy) is 1. The average Bonchev–Trinajstić information content (AvgIpc) is 3.13. The van der Waals surface area contributed by atoms with Gasteiger partial charge >= 0.3 is 5.97 Å². The second-order valence-electron chi connectivity index (χ2n) is 5.85. The van der Waals surface area contributed by atoms with Crippen LogP contribution in [0.1, 0.15) is 17.4 Å². The van der Waals surface area contributed by atoms with Gasteiger partial charge in [-0.1, -0.05) is 36.0 Å².